The van der Waals surface area contributed by atoms with Crippen LogP contribution < -0.4 is 5.32 Å². The zero-order valence-electron chi connectivity index (χ0n) is 12.9. The molecule has 3 rings (SSSR count). The summed E-state index contributed by atoms with van der Waals surface area (Å²) in [5.41, 5.74) is 1.38. The van der Waals surface area contributed by atoms with Gasteiger partial charge in [-0.3, -0.25) is 4.98 Å². The molecule has 1 N–H and O–H groups in total. The molecule has 1 saturated heterocycles. The van der Waals surface area contributed by atoms with Gasteiger partial charge in [0.05, 0.1) is 0 Å². The Labute approximate surface area is 127 Å². The van der Waals surface area contributed by atoms with Crippen LogP contribution in [-0.4, -0.2) is 35.6 Å². The van der Waals surface area contributed by atoms with E-state index in [4.69, 9.17) is 0 Å². The van der Waals surface area contributed by atoms with Gasteiger partial charge in [0.25, 0.3) is 0 Å². The van der Waals surface area contributed by atoms with Crippen molar-refractivity contribution in [2.24, 2.45) is 0 Å². The molecule has 2 heterocycles. The third-order valence-corrected chi connectivity index (χ3v) is 4.48. The Bertz CT molecular complexity index is 568. The number of benzene rings is 1. The average molecular weight is 283 g/mol. The first kappa shape index (κ1) is 14.5. The summed E-state index contributed by atoms with van der Waals surface area (Å²) in [6.07, 6.45) is 7.64. The zero-order valence-corrected chi connectivity index (χ0v) is 12.9. The van der Waals surface area contributed by atoms with Gasteiger partial charge in [0.2, 0.25) is 0 Å². The lowest BCUT2D eigenvalue weighted by Gasteiger charge is -2.32. The Morgan fingerprint density at radius 3 is 2.90 bits per heavy atom. The second-order valence-corrected chi connectivity index (χ2v) is 6.01. The molecule has 2 aromatic rings. The monoisotopic (exact) mass is 283 g/mol. The van der Waals surface area contributed by atoms with E-state index < -0.39 is 0 Å². The summed E-state index contributed by atoms with van der Waals surface area (Å²) in [7, 11) is 0. The van der Waals surface area contributed by atoms with Crippen molar-refractivity contribution in [1.29, 1.82) is 0 Å². The summed E-state index contributed by atoms with van der Waals surface area (Å²) in [4.78, 5) is 6.79. The Morgan fingerprint density at radius 1 is 1.24 bits per heavy atom. The van der Waals surface area contributed by atoms with Crippen molar-refractivity contribution in [1.82, 2.24) is 15.2 Å². The highest BCUT2D eigenvalue weighted by molar-refractivity contribution is 5.84. The van der Waals surface area contributed by atoms with Crippen molar-refractivity contribution in [3.8, 4) is 0 Å². The van der Waals surface area contributed by atoms with E-state index in [2.05, 4.69) is 46.4 Å². The largest absolute Gasteiger partial charge is 0.310 e. The van der Waals surface area contributed by atoms with Gasteiger partial charge in [-0.15, -0.1) is 0 Å². The van der Waals surface area contributed by atoms with Gasteiger partial charge in [-0.05, 0) is 55.9 Å². The third-order valence-electron chi connectivity index (χ3n) is 4.48. The maximum absolute atomic E-state index is 4.20. The molecule has 3 heteroatoms. The van der Waals surface area contributed by atoms with Gasteiger partial charge in [-0.2, -0.15) is 0 Å². The topological polar surface area (TPSA) is 28.2 Å². The number of nitrogens with zero attached hydrogens (tertiary/aromatic N) is 2. The summed E-state index contributed by atoms with van der Waals surface area (Å²) >= 11 is 0. The fourth-order valence-corrected chi connectivity index (χ4v) is 3.27. The smallest absolute Gasteiger partial charge is 0.0346 e. The average Bonchev–Trinajstić information content (AvgIpc) is 2.54. The predicted molar refractivity (Wildman–Crippen MR) is 88.3 cm³/mol. The third kappa shape index (κ3) is 3.60. The van der Waals surface area contributed by atoms with Gasteiger partial charge >= 0.3 is 0 Å². The highest BCUT2D eigenvalue weighted by atomic mass is 15.1. The van der Waals surface area contributed by atoms with Gasteiger partial charge in [0.15, 0.2) is 0 Å². The van der Waals surface area contributed by atoms with E-state index in [9.17, 15) is 0 Å². The van der Waals surface area contributed by atoms with Crippen LogP contribution in [0.5, 0.6) is 0 Å². The Morgan fingerprint density at radius 2 is 2.10 bits per heavy atom. The number of aromatic nitrogens is 1. The van der Waals surface area contributed by atoms with Gasteiger partial charge in [0.1, 0.15) is 0 Å². The molecule has 0 aliphatic carbocycles. The second-order valence-electron chi connectivity index (χ2n) is 6.01. The molecule has 3 nitrogen and oxygen atoms in total. The summed E-state index contributed by atoms with van der Waals surface area (Å²) < 4.78 is 0. The lowest BCUT2D eigenvalue weighted by atomic mass is 10.0. The molecule has 112 valence electrons. The van der Waals surface area contributed by atoms with Crippen LogP contribution in [0.25, 0.3) is 10.8 Å². The molecule has 0 radical (unpaired) electrons. The lowest BCUT2D eigenvalue weighted by Crippen LogP contribution is -2.42. The van der Waals surface area contributed by atoms with Gasteiger partial charge < -0.3 is 10.2 Å². The Kier molecular flexibility index (Phi) is 4.84. The van der Waals surface area contributed by atoms with Crippen LogP contribution in [0.1, 0.15) is 31.7 Å². The van der Waals surface area contributed by atoms with Crippen LogP contribution in [0.3, 0.4) is 0 Å². The minimum atomic E-state index is 0.662. The van der Waals surface area contributed by atoms with E-state index in [0.29, 0.717) is 6.04 Å². The molecule has 1 aliphatic heterocycles. The molecule has 1 aromatic heterocycles. The number of nitrogens with one attached hydrogen (secondary N) is 1. The first-order valence-electron chi connectivity index (χ1n) is 8.14. The molecule has 21 heavy (non-hydrogen) atoms. The number of likely N-dealkylation sites (tertiary alicyclic amines) is 1. The predicted octanol–water partition coefficient (Wildman–Crippen LogP) is 3.20. The van der Waals surface area contributed by atoms with E-state index in [0.717, 1.165) is 6.54 Å². The molecule has 0 spiro atoms. The zero-order chi connectivity index (χ0) is 14.5. The van der Waals surface area contributed by atoms with Crippen LogP contribution in [0, 0.1) is 0 Å². The normalized spacial score (nSPS) is 17.4. The summed E-state index contributed by atoms with van der Waals surface area (Å²) in [5, 5.41) is 6.30. The van der Waals surface area contributed by atoms with Crippen LogP contribution >= 0.6 is 0 Å². The maximum atomic E-state index is 4.20. The minimum absolute atomic E-state index is 0.662. The molecule has 0 bridgehead atoms. The van der Waals surface area contributed by atoms with Crippen molar-refractivity contribution in [3.05, 3.63) is 42.2 Å². The molecule has 1 fully saturated rings. The number of piperidine rings is 1. The van der Waals surface area contributed by atoms with Gasteiger partial charge in [0, 0.05) is 30.4 Å². The van der Waals surface area contributed by atoms with E-state index in [1.165, 1.54) is 55.2 Å². The van der Waals surface area contributed by atoms with Crippen LogP contribution in [0.2, 0.25) is 0 Å². The number of pyridine rings is 1. The number of fused-ring (bicyclic) bond motifs is 1. The summed E-state index contributed by atoms with van der Waals surface area (Å²) in [6.45, 7) is 6.96. The number of hydrogen-bond donors (Lipinski definition) is 1. The fraction of sp³-hybridized carbons (Fsp3) is 0.500. The first-order chi connectivity index (χ1) is 10.4. The molecule has 1 aromatic carbocycles. The maximum Gasteiger partial charge on any atom is 0.0346 e. The molecule has 0 amide bonds. The molecular weight excluding hydrogens is 258 g/mol. The van der Waals surface area contributed by atoms with E-state index >= 15 is 0 Å². The molecule has 0 atom stereocenters. The molecule has 0 saturated carbocycles. The van der Waals surface area contributed by atoms with Crippen LogP contribution in [0.4, 0.5) is 0 Å². The lowest BCUT2D eigenvalue weighted by molar-refractivity contribution is 0.197. The second kappa shape index (κ2) is 7.01. The van der Waals surface area contributed by atoms with Crippen molar-refractivity contribution in [3.63, 3.8) is 0 Å². The molecule has 1 aliphatic rings. The van der Waals surface area contributed by atoms with Crippen molar-refractivity contribution < 1.29 is 0 Å². The standard InChI is InChI=1S/C18H25N3/c1-2-10-21-11-7-17(8-12-21)20-14-16-5-3-4-15-13-19-9-6-18(15)16/h3-6,9,13,17,20H,2,7-8,10-12,14H2,1H3. The summed E-state index contributed by atoms with van der Waals surface area (Å²) in [6, 6.07) is 9.27. The van der Waals surface area contributed by atoms with Gasteiger partial charge in [-0.25, -0.2) is 0 Å². The van der Waals surface area contributed by atoms with E-state index in [-0.39, 0.29) is 0 Å². The van der Waals surface area contributed by atoms with Crippen molar-refractivity contribution in [2.45, 2.75) is 38.8 Å². The fourth-order valence-electron chi connectivity index (χ4n) is 3.27. The first-order valence-corrected chi connectivity index (χ1v) is 8.14. The number of hydrogen-bond acceptors (Lipinski definition) is 3. The van der Waals surface area contributed by atoms with E-state index in [1.807, 2.05) is 12.4 Å². The van der Waals surface area contributed by atoms with Crippen molar-refractivity contribution >= 4 is 10.8 Å². The Hall–Kier alpha value is -1.45. The van der Waals surface area contributed by atoms with Crippen LogP contribution in [0.15, 0.2) is 36.7 Å². The highest BCUT2D eigenvalue weighted by Crippen LogP contribution is 2.18. The SMILES string of the molecule is CCCN1CCC(NCc2cccc3cnccc23)CC1. The quantitative estimate of drug-likeness (QED) is 0.913. The Balaban J connectivity index is 1.58. The molecule has 0 unspecified atom stereocenters. The minimum Gasteiger partial charge on any atom is -0.310 e. The van der Waals surface area contributed by atoms with Crippen molar-refractivity contribution in [2.75, 3.05) is 19.6 Å². The van der Waals surface area contributed by atoms with E-state index in [1.54, 1.807) is 0 Å². The van der Waals surface area contributed by atoms with Crippen LogP contribution in [-0.2, 0) is 6.54 Å². The highest BCUT2D eigenvalue weighted by Gasteiger charge is 2.17. The van der Waals surface area contributed by atoms with Gasteiger partial charge in [-0.1, -0.05) is 25.1 Å². The summed E-state index contributed by atoms with van der Waals surface area (Å²) in [5.74, 6) is 0. The molecular formula is C18H25N3. The number of rotatable bonds is 5.